The number of amides is 1. The summed E-state index contributed by atoms with van der Waals surface area (Å²) in [6.07, 6.45) is 3.00. The third-order valence-electron chi connectivity index (χ3n) is 4.91. The predicted octanol–water partition coefficient (Wildman–Crippen LogP) is 0.781. The number of rotatable bonds is 4. The van der Waals surface area contributed by atoms with Gasteiger partial charge in [-0.1, -0.05) is 6.92 Å². The van der Waals surface area contributed by atoms with Crippen LogP contribution in [0.1, 0.15) is 32.6 Å². The first kappa shape index (κ1) is 12.0. The molecular weight excluding hydrogens is 234 g/mol. The van der Waals surface area contributed by atoms with Crippen molar-refractivity contribution in [3.8, 4) is 0 Å². The zero-order valence-corrected chi connectivity index (χ0v) is 10.5. The molecule has 1 amide bonds. The van der Waals surface area contributed by atoms with Gasteiger partial charge in [-0.25, -0.2) is 0 Å². The summed E-state index contributed by atoms with van der Waals surface area (Å²) in [5.74, 6) is -0.529. The standard InChI is InChI=1S/C13H19NO4/c1-2-10-7(3-4-18-10)11(15)14-9-6-13(12(16)17)5-8(9)13/h7-10H,2-6H2,1H3,(H,14,15)(H,16,17)/t7-,8+,9-,10+,13+/m1/s1. The highest BCUT2D eigenvalue weighted by atomic mass is 16.5. The van der Waals surface area contributed by atoms with Crippen molar-refractivity contribution in [2.45, 2.75) is 44.8 Å². The van der Waals surface area contributed by atoms with E-state index >= 15 is 0 Å². The molecule has 1 aliphatic heterocycles. The number of fused-ring (bicyclic) bond motifs is 1. The number of carbonyl (C=O) groups excluding carboxylic acids is 1. The molecule has 0 aromatic carbocycles. The van der Waals surface area contributed by atoms with Gasteiger partial charge in [-0.05, 0) is 31.6 Å². The largest absolute Gasteiger partial charge is 0.481 e. The summed E-state index contributed by atoms with van der Waals surface area (Å²) in [7, 11) is 0. The summed E-state index contributed by atoms with van der Waals surface area (Å²) < 4.78 is 5.51. The Hall–Kier alpha value is -1.10. The first-order valence-corrected chi connectivity index (χ1v) is 6.74. The maximum absolute atomic E-state index is 12.1. The lowest BCUT2D eigenvalue weighted by molar-refractivity contribution is -0.148. The molecule has 18 heavy (non-hydrogen) atoms. The van der Waals surface area contributed by atoms with Crippen LogP contribution < -0.4 is 5.32 Å². The maximum atomic E-state index is 12.1. The lowest BCUT2D eigenvalue weighted by Gasteiger charge is -2.33. The summed E-state index contributed by atoms with van der Waals surface area (Å²) in [5.41, 5.74) is -0.492. The van der Waals surface area contributed by atoms with Gasteiger partial charge < -0.3 is 15.2 Å². The monoisotopic (exact) mass is 253 g/mol. The molecule has 2 aliphatic carbocycles. The molecule has 2 N–H and O–H groups in total. The van der Waals surface area contributed by atoms with Gasteiger partial charge in [-0.2, -0.15) is 0 Å². The molecule has 0 radical (unpaired) electrons. The Kier molecular flexibility index (Phi) is 2.62. The fourth-order valence-electron chi connectivity index (χ4n) is 3.60. The molecule has 1 heterocycles. The molecule has 3 aliphatic rings. The van der Waals surface area contributed by atoms with Gasteiger partial charge in [0.1, 0.15) is 0 Å². The molecule has 100 valence electrons. The van der Waals surface area contributed by atoms with Crippen LogP contribution >= 0.6 is 0 Å². The average Bonchev–Trinajstić information content (AvgIpc) is 2.74. The number of aliphatic carboxylic acids is 1. The van der Waals surface area contributed by atoms with Gasteiger partial charge in [0.25, 0.3) is 0 Å². The van der Waals surface area contributed by atoms with E-state index in [-0.39, 0.29) is 29.9 Å². The molecule has 0 spiro atoms. The number of ether oxygens (including phenoxy) is 1. The van der Waals surface area contributed by atoms with Gasteiger partial charge in [0.2, 0.25) is 5.91 Å². The molecular formula is C13H19NO4. The second-order valence-corrected chi connectivity index (χ2v) is 5.80. The lowest BCUT2D eigenvalue weighted by atomic mass is 9.79. The second-order valence-electron chi connectivity index (χ2n) is 5.80. The van der Waals surface area contributed by atoms with E-state index in [1.807, 2.05) is 6.92 Å². The molecule has 3 fully saturated rings. The fourth-order valence-corrected chi connectivity index (χ4v) is 3.60. The van der Waals surface area contributed by atoms with Gasteiger partial charge in [0.15, 0.2) is 0 Å². The predicted molar refractivity (Wildman–Crippen MR) is 62.9 cm³/mol. The molecule has 0 aromatic heterocycles. The zero-order chi connectivity index (χ0) is 12.9. The van der Waals surface area contributed by atoms with E-state index in [2.05, 4.69) is 5.32 Å². The van der Waals surface area contributed by atoms with Crippen LogP contribution in [-0.2, 0) is 14.3 Å². The minimum Gasteiger partial charge on any atom is -0.481 e. The summed E-state index contributed by atoms with van der Waals surface area (Å²) in [5, 5.41) is 12.1. The first-order valence-electron chi connectivity index (χ1n) is 6.74. The van der Waals surface area contributed by atoms with Crippen molar-refractivity contribution in [2.75, 3.05) is 6.61 Å². The Morgan fingerprint density at radius 2 is 2.22 bits per heavy atom. The van der Waals surface area contributed by atoms with Crippen molar-refractivity contribution in [1.29, 1.82) is 0 Å². The number of nitrogens with one attached hydrogen (secondary N) is 1. The van der Waals surface area contributed by atoms with Crippen LogP contribution in [0.5, 0.6) is 0 Å². The van der Waals surface area contributed by atoms with Gasteiger partial charge in [-0.3, -0.25) is 9.59 Å². The van der Waals surface area contributed by atoms with Gasteiger partial charge >= 0.3 is 5.97 Å². The Bertz CT molecular complexity index is 396. The van der Waals surface area contributed by atoms with Gasteiger partial charge in [0.05, 0.1) is 17.4 Å². The number of carbonyl (C=O) groups is 2. The topological polar surface area (TPSA) is 75.6 Å². The number of hydrogen-bond acceptors (Lipinski definition) is 3. The molecule has 0 unspecified atom stereocenters. The minimum absolute atomic E-state index is 0.0357. The van der Waals surface area contributed by atoms with E-state index in [1.165, 1.54) is 0 Å². The average molecular weight is 253 g/mol. The van der Waals surface area contributed by atoms with E-state index in [4.69, 9.17) is 9.84 Å². The second kappa shape index (κ2) is 3.95. The van der Waals surface area contributed by atoms with E-state index in [1.54, 1.807) is 0 Å². The summed E-state index contributed by atoms with van der Waals surface area (Å²) in [4.78, 5) is 23.1. The SMILES string of the molecule is CC[C@@H]1OCC[C@H]1C(=O)N[C@@H]1C[C@@]2(C(=O)O)C[C@@H]12. The normalized spacial score (nSPS) is 44.9. The summed E-state index contributed by atoms with van der Waals surface area (Å²) in [6.45, 7) is 2.68. The van der Waals surface area contributed by atoms with Crippen LogP contribution in [0.15, 0.2) is 0 Å². The Balaban J connectivity index is 1.53. The van der Waals surface area contributed by atoms with Crippen molar-refractivity contribution in [2.24, 2.45) is 17.3 Å². The third kappa shape index (κ3) is 1.56. The van der Waals surface area contributed by atoms with E-state index in [0.29, 0.717) is 13.0 Å². The highest BCUT2D eigenvalue weighted by molar-refractivity contribution is 5.84. The van der Waals surface area contributed by atoms with Crippen LogP contribution in [0, 0.1) is 17.3 Å². The molecule has 5 heteroatoms. The van der Waals surface area contributed by atoms with E-state index in [0.717, 1.165) is 19.3 Å². The van der Waals surface area contributed by atoms with Crippen LogP contribution in [0.25, 0.3) is 0 Å². The quantitative estimate of drug-likeness (QED) is 0.776. The van der Waals surface area contributed by atoms with Crippen molar-refractivity contribution in [3.05, 3.63) is 0 Å². The molecule has 5 nitrogen and oxygen atoms in total. The minimum atomic E-state index is -0.700. The molecule has 0 bridgehead atoms. The Labute approximate surface area is 106 Å². The van der Waals surface area contributed by atoms with E-state index < -0.39 is 11.4 Å². The van der Waals surface area contributed by atoms with Crippen molar-refractivity contribution in [3.63, 3.8) is 0 Å². The van der Waals surface area contributed by atoms with Gasteiger partial charge in [-0.15, -0.1) is 0 Å². The fraction of sp³-hybridized carbons (Fsp3) is 0.846. The van der Waals surface area contributed by atoms with Crippen molar-refractivity contribution >= 4 is 11.9 Å². The zero-order valence-electron chi connectivity index (χ0n) is 10.5. The first-order chi connectivity index (χ1) is 8.58. The van der Waals surface area contributed by atoms with Crippen molar-refractivity contribution < 1.29 is 19.4 Å². The lowest BCUT2D eigenvalue weighted by Crippen LogP contribution is -2.50. The summed E-state index contributed by atoms with van der Waals surface area (Å²) >= 11 is 0. The maximum Gasteiger partial charge on any atom is 0.310 e. The number of carboxylic acid groups (broad SMARTS) is 1. The molecule has 0 aromatic rings. The third-order valence-corrected chi connectivity index (χ3v) is 4.91. The van der Waals surface area contributed by atoms with Crippen molar-refractivity contribution in [1.82, 2.24) is 5.32 Å². The summed E-state index contributed by atoms with van der Waals surface area (Å²) in [6, 6.07) is 0.0757. The number of carboxylic acids is 1. The Morgan fingerprint density at radius 1 is 1.44 bits per heavy atom. The van der Waals surface area contributed by atoms with Crippen LogP contribution in [0.2, 0.25) is 0 Å². The van der Waals surface area contributed by atoms with Crippen LogP contribution in [0.4, 0.5) is 0 Å². The highest BCUT2D eigenvalue weighted by Gasteiger charge is 2.72. The highest BCUT2D eigenvalue weighted by Crippen LogP contribution is 2.67. The molecule has 5 atom stereocenters. The smallest absolute Gasteiger partial charge is 0.310 e. The molecule has 2 saturated carbocycles. The number of hydrogen-bond donors (Lipinski definition) is 2. The van der Waals surface area contributed by atoms with E-state index in [9.17, 15) is 9.59 Å². The van der Waals surface area contributed by atoms with Gasteiger partial charge in [0, 0.05) is 12.6 Å². The molecule has 3 rings (SSSR count). The molecule has 1 saturated heterocycles. The Morgan fingerprint density at radius 3 is 2.78 bits per heavy atom. The van der Waals surface area contributed by atoms with Crippen LogP contribution in [-0.4, -0.2) is 35.7 Å². The van der Waals surface area contributed by atoms with Crippen LogP contribution in [0.3, 0.4) is 0 Å².